The third kappa shape index (κ3) is 2.60. The number of carbonyl (C=O) groups is 1. The molecule has 1 amide bonds. The van der Waals surface area contributed by atoms with E-state index < -0.39 is 16.7 Å². The number of carbonyl (C=O) groups excluding carboxylic acids is 1. The zero-order valence-electron chi connectivity index (χ0n) is 9.69. The summed E-state index contributed by atoms with van der Waals surface area (Å²) in [5.74, 6) is -0.278. The van der Waals surface area contributed by atoms with Gasteiger partial charge in [0, 0.05) is 18.0 Å². The van der Waals surface area contributed by atoms with Gasteiger partial charge in [-0.25, -0.2) is 9.97 Å². The lowest BCUT2D eigenvalue weighted by molar-refractivity contribution is 0.0996. The van der Waals surface area contributed by atoms with Gasteiger partial charge in [0.15, 0.2) is 0 Å². The van der Waals surface area contributed by atoms with E-state index in [1.165, 1.54) is 12.5 Å². The van der Waals surface area contributed by atoms with Crippen LogP contribution in [-0.4, -0.2) is 31.9 Å². The summed E-state index contributed by atoms with van der Waals surface area (Å²) in [6.45, 7) is 2.06. The third-order valence-corrected chi connectivity index (χ3v) is 3.56. The highest BCUT2D eigenvalue weighted by Crippen LogP contribution is 2.37. The first-order valence-corrected chi connectivity index (χ1v) is 6.75. The molecule has 1 fully saturated rings. The second-order valence-corrected chi connectivity index (χ2v) is 5.71. The van der Waals surface area contributed by atoms with E-state index >= 15 is 0 Å². The minimum Gasteiger partial charge on any atom is -0.365 e. The number of primary amides is 1. The Labute approximate surface area is 101 Å². The normalized spacial score (nSPS) is 18.5. The molecule has 0 bridgehead atoms. The second-order valence-electron chi connectivity index (χ2n) is 4.42. The van der Waals surface area contributed by atoms with E-state index in [9.17, 15) is 9.00 Å². The molecule has 1 aromatic rings. The van der Waals surface area contributed by atoms with Crippen LogP contribution in [-0.2, 0) is 10.8 Å². The van der Waals surface area contributed by atoms with Crippen LogP contribution in [0.25, 0.3) is 0 Å². The van der Waals surface area contributed by atoms with E-state index in [0.717, 1.165) is 12.8 Å². The molecule has 17 heavy (non-hydrogen) atoms. The molecule has 1 saturated carbocycles. The Morgan fingerprint density at radius 1 is 1.59 bits per heavy atom. The van der Waals surface area contributed by atoms with Crippen molar-refractivity contribution in [2.24, 2.45) is 5.73 Å². The van der Waals surface area contributed by atoms with Gasteiger partial charge in [-0.3, -0.25) is 9.00 Å². The number of rotatable bonds is 4. The predicted octanol–water partition coefficient (Wildman–Crippen LogP) is 0.277. The van der Waals surface area contributed by atoms with Crippen molar-refractivity contribution in [3.05, 3.63) is 11.8 Å². The highest BCUT2D eigenvalue weighted by atomic mass is 32.2. The van der Waals surface area contributed by atoms with Crippen LogP contribution in [0.15, 0.2) is 11.2 Å². The quantitative estimate of drug-likeness (QED) is 0.752. The van der Waals surface area contributed by atoms with Crippen LogP contribution in [0.2, 0.25) is 0 Å². The van der Waals surface area contributed by atoms with Crippen LogP contribution in [0.5, 0.6) is 0 Å². The van der Waals surface area contributed by atoms with E-state index in [-0.39, 0.29) is 16.1 Å². The molecule has 3 N–H and O–H groups in total. The lowest BCUT2D eigenvalue weighted by Crippen LogP contribution is -2.21. The largest absolute Gasteiger partial charge is 0.365 e. The summed E-state index contributed by atoms with van der Waals surface area (Å²) in [6, 6.07) is 0. The van der Waals surface area contributed by atoms with Crippen molar-refractivity contribution in [3.8, 4) is 0 Å². The number of hydrogen-bond acceptors (Lipinski definition) is 5. The van der Waals surface area contributed by atoms with Gasteiger partial charge >= 0.3 is 0 Å². The average molecular weight is 254 g/mol. The zero-order chi connectivity index (χ0) is 12.6. The van der Waals surface area contributed by atoms with Crippen molar-refractivity contribution < 1.29 is 9.00 Å². The van der Waals surface area contributed by atoms with Crippen molar-refractivity contribution in [2.45, 2.75) is 30.3 Å². The molecular formula is C10H14N4O2S. The van der Waals surface area contributed by atoms with Gasteiger partial charge in [0.25, 0.3) is 5.91 Å². The van der Waals surface area contributed by atoms with Crippen LogP contribution in [0.1, 0.15) is 30.1 Å². The number of nitrogens with one attached hydrogen (secondary N) is 1. The molecule has 0 saturated heterocycles. The summed E-state index contributed by atoms with van der Waals surface area (Å²) in [5.41, 5.74) is 5.31. The molecule has 6 nitrogen and oxygen atoms in total. The summed E-state index contributed by atoms with van der Waals surface area (Å²) in [4.78, 5) is 19.2. The average Bonchev–Trinajstić information content (AvgIpc) is 2.95. The van der Waals surface area contributed by atoms with Gasteiger partial charge in [0.2, 0.25) is 5.95 Å². The predicted molar refractivity (Wildman–Crippen MR) is 64.1 cm³/mol. The van der Waals surface area contributed by atoms with Gasteiger partial charge in [-0.15, -0.1) is 0 Å². The summed E-state index contributed by atoms with van der Waals surface area (Å²) in [5, 5.41) is 3.32. The van der Waals surface area contributed by atoms with Gasteiger partial charge in [0.1, 0.15) is 5.03 Å². The number of hydrogen-bond donors (Lipinski definition) is 2. The molecule has 1 aromatic heterocycles. The maximum atomic E-state index is 11.5. The van der Waals surface area contributed by atoms with Gasteiger partial charge < -0.3 is 11.1 Å². The fourth-order valence-corrected chi connectivity index (χ4v) is 2.07. The minimum atomic E-state index is -1.37. The Balaban J connectivity index is 2.34. The molecule has 0 aliphatic heterocycles. The summed E-state index contributed by atoms with van der Waals surface area (Å²) in [6.07, 6.45) is 4.88. The topological polar surface area (TPSA) is 98.0 Å². The lowest BCUT2D eigenvalue weighted by Gasteiger charge is -2.12. The smallest absolute Gasteiger partial charge is 0.253 e. The van der Waals surface area contributed by atoms with Gasteiger partial charge in [-0.1, -0.05) is 0 Å². The number of nitrogens with zero attached hydrogens (tertiary/aromatic N) is 2. The van der Waals surface area contributed by atoms with Crippen LogP contribution in [0.4, 0.5) is 5.95 Å². The Kier molecular flexibility index (Phi) is 2.86. The van der Waals surface area contributed by atoms with Gasteiger partial charge in [0.05, 0.1) is 16.4 Å². The summed E-state index contributed by atoms with van der Waals surface area (Å²) in [7, 11) is -1.37. The summed E-state index contributed by atoms with van der Waals surface area (Å²) < 4.78 is 11.5. The maximum Gasteiger partial charge on any atom is 0.253 e. The van der Waals surface area contributed by atoms with Gasteiger partial charge in [-0.05, 0) is 19.8 Å². The van der Waals surface area contributed by atoms with Crippen LogP contribution in [0.3, 0.4) is 0 Å². The molecule has 92 valence electrons. The van der Waals surface area contributed by atoms with Crippen LogP contribution >= 0.6 is 0 Å². The van der Waals surface area contributed by atoms with Crippen molar-refractivity contribution in [2.75, 3.05) is 11.6 Å². The molecule has 2 rings (SSSR count). The Morgan fingerprint density at radius 2 is 2.24 bits per heavy atom. The van der Waals surface area contributed by atoms with E-state index in [2.05, 4.69) is 22.2 Å². The molecule has 0 unspecified atom stereocenters. The van der Waals surface area contributed by atoms with E-state index in [1.54, 1.807) is 0 Å². The van der Waals surface area contributed by atoms with E-state index in [4.69, 9.17) is 5.73 Å². The molecule has 0 aromatic carbocycles. The number of aromatic nitrogens is 2. The molecule has 1 atom stereocenters. The minimum absolute atomic E-state index is 0.0285. The van der Waals surface area contributed by atoms with Gasteiger partial charge in [-0.2, -0.15) is 0 Å². The zero-order valence-corrected chi connectivity index (χ0v) is 10.5. The molecule has 7 heteroatoms. The maximum absolute atomic E-state index is 11.5. The number of anilines is 1. The van der Waals surface area contributed by atoms with E-state index in [0.29, 0.717) is 5.95 Å². The first-order valence-electron chi connectivity index (χ1n) is 5.20. The fraction of sp³-hybridized carbons (Fsp3) is 0.500. The molecule has 1 heterocycles. The number of nitrogens with two attached hydrogens (primary N) is 1. The molecular weight excluding hydrogens is 240 g/mol. The van der Waals surface area contributed by atoms with Crippen LogP contribution in [0, 0.1) is 0 Å². The molecule has 1 aliphatic rings. The van der Waals surface area contributed by atoms with Crippen molar-refractivity contribution in [1.82, 2.24) is 9.97 Å². The first-order chi connectivity index (χ1) is 7.91. The van der Waals surface area contributed by atoms with Crippen LogP contribution < -0.4 is 11.1 Å². The van der Waals surface area contributed by atoms with E-state index in [1.807, 2.05) is 0 Å². The summed E-state index contributed by atoms with van der Waals surface area (Å²) >= 11 is 0. The highest BCUT2D eigenvalue weighted by Gasteiger charge is 2.38. The van der Waals surface area contributed by atoms with Crippen molar-refractivity contribution in [1.29, 1.82) is 0 Å². The Bertz CT molecular complexity index is 499. The second kappa shape index (κ2) is 4.06. The highest BCUT2D eigenvalue weighted by molar-refractivity contribution is 7.84. The Hall–Kier alpha value is -1.50. The lowest BCUT2D eigenvalue weighted by atomic mass is 10.3. The molecule has 0 spiro atoms. The first kappa shape index (κ1) is 12.0. The Morgan fingerprint density at radius 3 is 2.71 bits per heavy atom. The monoisotopic (exact) mass is 254 g/mol. The molecule has 0 radical (unpaired) electrons. The van der Waals surface area contributed by atoms with Crippen molar-refractivity contribution >= 4 is 22.7 Å². The number of amides is 1. The third-order valence-electron chi connectivity index (χ3n) is 2.71. The van der Waals surface area contributed by atoms with Crippen molar-refractivity contribution in [3.63, 3.8) is 0 Å². The molecule has 1 aliphatic carbocycles. The standard InChI is InChI=1S/C10H14N4O2S/c1-10(3-4-10)14-9-12-5-6(7(11)15)8(13-9)17(2)16/h5H,3-4H2,1-2H3,(H2,11,15)(H,12,13,14)/t17-/m1/s1. The fourth-order valence-electron chi connectivity index (χ4n) is 1.40. The SMILES string of the molecule is C[S@@](=O)c1nc(NC2(C)CC2)ncc1C(N)=O.